The van der Waals surface area contributed by atoms with Crippen LogP contribution in [0.2, 0.25) is 0 Å². The first-order valence-corrected chi connectivity index (χ1v) is 12.9. The molecule has 190 valence electrons. The van der Waals surface area contributed by atoms with E-state index < -0.39 is 0 Å². The van der Waals surface area contributed by atoms with Gasteiger partial charge < -0.3 is 29.2 Å². The van der Waals surface area contributed by atoms with Crippen LogP contribution in [0.4, 0.5) is 4.79 Å². The van der Waals surface area contributed by atoms with Crippen LogP contribution < -0.4 is 5.32 Å². The summed E-state index contributed by atoms with van der Waals surface area (Å²) in [6.07, 6.45) is 7.22. The Balaban J connectivity index is 1.23. The summed E-state index contributed by atoms with van der Waals surface area (Å²) in [4.78, 5) is 26.9. The monoisotopic (exact) mass is 476 g/mol. The van der Waals surface area contributed by atoms with Gasteiger partial charge in [-0.1, -0.05) is 11.6 Å². The average Bonchev–Trinajstić information content (AvgIpc) is 3.71. The number of likely N-dealkylation sites (tertiary alicyclic amines) is 1. The molecule has 4 saturated heterocycles. The molecule has 0 aromatic heterocycles. The van der Waals surface area contributed by atoms with Crippen molar-refractivity contribution in [1.29, 1.82) is 0 Å². The van der Waals surface area contributed by atoms with E-state index in [0.29, 0.717) is 26.1 Å². The van der Waals surface area contributed by atoms with Crippen LogP contribution >= 0.6 is 0 Å². The van der Waals surface area contributed by atoms with Crippen molar-refractivity contribution in [2.75, 3.05) is 33.4 Å². The molecule has 0 aromatic carbocycles. The molecule has 0 bridgehead atoms. The van der Waals surface area contributed by atoms with E-state index in [1.165, 1.54) is 5.57 Å². The third-order valence-electron chi connectivity index (χ3n) is 9.08. The predicted molar refractivity (Wildman–Crippen MR) is 125 cm³/mol. The van der Waals surface area contributed by atoms with Crippen LogP contribution in [0.5, 0.6) is 0 Å². The molecule has 5 fully saturated rings. The van der Waals surface area contributed by atoms with Crippen molar-refractivity contribution < 1.29 is 28.5 Å². The van der Waals surface area contributed by atoms with E-state index in [9.17, 15) is 9.59 Å². The highest BCUT2D eigenvalue weighted by Gasteiger charge is 2.72. The first-order valence-electron chi connectivity index (χ1n) is 12.9. The molecular weight excluding hydrogens is 436 g/mol. The molecule has 2 spiro atoms. The molecular formula is C26H40N2O6. The molecule has 2 amide bonds. The highest BCUT2D eigenvalue weighted by molar-refractivity contribution is 5.77. The van der Waals surface area contributed by atoms with Crippen LogP contribution in [0.1, 0.15) is 65.7 Å². The lowest BCUT2D eigenvalue weighted by Gasteiger charge is -2.45. The van der Waals surface area contributed by atoms with Crippen molar-refractivity contribution in [2.24, 2.45) is 11.3 Å². The van der Waals surface area contributed by atoms with Crippen molar-refractivity contribution in [3.8, 4) is 0 Å². The molecule has 0 radical (unpaired) electrons. The lowest BCUT2D eigenvalue weighted by molar-refractivity contribution is -0.128. The van der Waals surface area contributed by atoms with E-state index in [-0.39, 0.29) is 52.8 Å². The van der Waals surface area contributed by atoms with Gasteiger partial charge in [0.2, 0.25) is 5.91 Å². The summed E-state index contributed by atoms with van der Waals surface area (Å²) >= 11 is 0. The lowest BCUT2D eigenvalue weighted by Crippen LogP contribution is -2.56. The molecule has 1 aliphatic carbocycles. The fraction of sp³-hybridized carbons (Fsp3) is 0.846. The number of hydrogen-bond donors (Lipinski definition) is 1. The number of rotatable bonds is 5. The Labute approximate surface area is 202 Å². The summed E-state index contributed by atoms with van der Waals surface area (Å²) in [5.41, 5.74) is 0.758. The number of methoxy groups -OCH3 is 1. The Bertz CT molecular complexity index is 842. The topological polar surface area (TPSA) is 92.9 Å². The van der Waals surface area contributed by atoms with Gasteiger partial charge in [0.15, 0.2) is 0 Å². The summed E-state index contributed by atoms with van der Waals surface area (Å²) in [5.74, 6) is 0.158. The summed E-state index contributed by atoms with van der Waals surface area (Å²) in [7, 11) is 1.70. The molecule has 1 saturated carbocycles. The maximum Gasteiger partial charge on any atom is 0.410 e. The van der Waals surface area contributed by atoms with Crippen LogP contribution in [-0.2, 0) is 23.7 Å². The van der Waals surface area contributed by atoms with Gasteiger partial charge in [0.1, 0.15) is 23.4 Å². The molecule has 5 rings (SSSR count). The fourth-order valence-electron chi connectivity index (χ4n) is 6.82. The van der Waals surface area contributed by atoms with Gasteiger partial charge in [0.25, 0.3) is 0 Å². The van der Waals surface area contributed by atoms with Gasteiger partial charge in [-0.05, 0) is 64.7 Å². The van der Waals surface area contributed by atoms with Crippen molar-refractivity contribution in [3.63, 3.8) is 0 Å². The number of ether oxygens (including phenoxy) is 4. The first-order chi connectivity index (χ1) is 16.2. The van der Waals surface area contributed by atoms with Gasteiger partial charge in [-0.15, -0.1) is 0 Å². The maximum atomic E-state index is 13.2. The predicted octanol–water partition coefficient (Wildman–Crippen LogP) is 3.19. The normalized spacial score (nSPS) is 40.6. The van der Waals surface area contributed by atoms with E-state index in [1.807, 2.05) is 4.90 Å². The van der Waals surface area contributed by atoms with Crippen molar-refractivity contribution in [3.05, 3.63) is 11.6 Å². The van der Waals surface area contributed by atoms with Gasteiger partial charge >= 0.3 is 6.09 Å². The molecule has 6 atom stereocenters. The highest BCUT2D eigenvalue weighted by atomic mass is 16.6. The van der Waals surface area contributed by atoms with Crippen LogP contribution in [-0.4, -0.2) is 79.8 Å². The van der Waals surface area contributed by atoms with E-state index in [1.54, 1.807) is 7.11 Å². The van der Waals surface area contributed by atoms with E-state index in [2.05, 4.69) is 32.2 Å². The number of hydrogen-bond acceptors (Lipinski definition) is 6. The Morgan fingerprint density at radius 3 is 2.59 bits per heavy atom. The molecule has 4 aliphatic heterocycles. The number of epoxide rings is 2. The second-order valence-electron chi connectivity index (χ2n) is 11.6. The molecule has 1 N–H and O–H groups in total. The third-order valence-corrected chi connectivity index (χ3v) is 9.08. The van der Waals surface area contributed by atoms with E-state index in [4.69, 9.17) is 18.9 Å². The summed E-state index contributed by atoms with van der Waals surface area (Å²) < 4.78 is 24.4. The molecule has 1 unspecified atom stereocenters. The van der Waals surface area contributed by atoms with Gasteiger partial charge in [0, 0.05) is 33.2 Å². The zero-order valence-electron chi connectivity index (χ0n) is 21.1. The Hall–Kier alpha value is -1.64. The summed E-state index contributed by atoms with van der Waals surface area (Å²) in [6, 6.07) is 0. The first kappa shape index (κ1) is 24.1. The smallest absolute Gasteiger partial charge is 0.410 e. The third kappa shape index (κ3) is 4.37. The van der Waals surface area contributed by atoms with E-state index >= 15 is 0 Å². The zero-order valence-corrected chi connectivity index (χ0v) is 21.1. The maximum absolute atomic E-state index is 13.2. The Morgan fingerprint density at radius 2 is 1.97 bits per heavy atom. The Kier molecular flexibility index (Phi) is 6.22. The van der Waals surface area contributed by atoms with Gasteiger partial charge in [0.05, 0.1) is 18.6 Å². The number of carbonyl (C=O) groups is 2. The summed E-state index contributed by atoms with van der Waals surface area (Å²) in [6.45, 7) is 9.09. The van der Waals surface area contributed by atoms with Gasteiger partial charge in [-0.3, -0.25) is 4.79 Å². The molecule has 0 aromatic rings. The molecule has 5 aliphatic rings. The number of carbonyl (C=O) groups excluding carboxylic acids is 2. The molecule has 4 heterocycles. The zero-order chi connectivity index (χ0) is 24.1. The quantitative estimate of drug-likeness (QED) is 0.484. The van der Waals surface area contributed by atoms with Crippen LogP contribution in [0.15, 0.2) is 11.6 Å². The standard InChI is InChI=1S/C26H40N2O6/c1-17(2)5-6-19-24(3,34-19)22-21(31-4)18(7-8-26(22)16-32-26)33-23(30)28-13-10-25(11-14-28)9-12-27-20(29)15-25/h5,18-19,21-22H,6-16H2,1-4H3,(H,27,29)/t18-,19-,21-,22?,24+,26+/m1/s1. The second kappa shape index (κ2) is 8.79. The van der Waals surface area contributed by atoms with Crippen molar-refractivity contribution in [1.82, 2.24) is 10.2 Å². The number of piperidine rings is 2. The Morgan fingerprint density at radius 1 is 1.24 bits per heavy atom. The van der Waals surface area contributed by atoms with Crippen molar-refractivity contribution >= 4 is 12.0 Å². The number of nitrogens with one attached hydrogen (secondary N) is 1. The number of nitrogens with zero attached hydrogens (tertiary/aromatic N) is 1. The van der Waals surface area contributed by atoms with Crippen LogP contribution in [0.25, 0.3) is 0 Å². The molecule has 8 nitrogen and oxygen atoms in total. The van der Waals surface area contributed by atoms with E-state index in [0.717, 1.165) is 45.1 Å². The summed E-state index contributed by atoms with van der Waals surface area (Å²) in [5, 5.41) is 2.92. The SMILES string of the molecule is CO[C@H]1C([C@@]2(C)O[C@@H]2CC=C(C)C)[C@]2(CC[C@H]1OC(=O)N1CCC3(CCNC(=O)C3)CC1)CO2. The number of amides is 2. The average molecular weight is 477 g/mol. The minimum absolute atomic E-state index is 0.0255. The minimum atomic E-state index is -0.340. The largest absolute Gasteiger partial charge is 0.443 e. The van der Waals surface area contributed by atoms with Crippen molar-refractivity contribution in [2.45, 2.75) is 95.2 Å². The van der Waals surface area contributed by atoms with Crippen LogP contribution in [0, 0.1) is 11.3 Å². The lowest BCUT2D eigenvalue weighted by atomic mass is 9.68. The van der Waals surface area contributed by atoms with Gasteiger partial charge in [-0.25, -0.2) is 4.79 Å². The molecule has 8 heteroatoms. The number of allylic oxidation sites excluding steroid dienone is 1. The van der Waals surface area contributed by atoms with Gasteiger partial charge in [-0.2, -0.15) is 0 Å². The molecule has 34 heavy (non-hydrogen) atoms. The highest BCUT2D eigenvalue weighted by Crippen LogP contribution is 2.59. The van der Waals surface area contributed by atoms with Crippen LogP contribution in [0.3, 0.4) is 0 Å². The second-order valence-corrected chi connectivity index (χ2v) is 11.6. The minimum Gasteiger partial charge on any atom is -0.443 e. The fourth-order valence-corrected chi connectivity index (χ4v) is 6.82.